The lowest BCUT2D eigenvalue weighted by atomic mass is 9.98. The van der Waals surface area contributed by atoms with E-state index < -0.39 is 5.60 Å². The predicted molar refractivity (Wildman–Crippen MR) is 75.0 cm³/mol. The summed E-state index contributed by atoms with van der Waals surface area (Å²) in [6, 6.07) is 1.85. The first kappa shape index (κ1) is 14.7. The molecule has 1 heterocycles. The van der Waals surface area contributed by atoms with Crippen molar-refractivity contribution < 1.29 is 5.11 Å². The largest absolute Gasteiger partial charge is 0.388 e. The Kier molecular flexibility index (Phi) is 5.34. The smallest absolute Gasteiger partial charge is 0.132 e. The molecule has 0 atom stereocenters. The van der Waals surface area contributed by atoms with Crippen molar-refractivity contribution in [3.63, 3.8) is 0 Å². The highest BCUT2D eigenvalue weighted by molar-refractivity contribution is 5.47. The highest BCUT2D eigenvalue weighted by Gasteiger charge is 2.21. The van der Waals surface area contributed by atoms with Crippen molar-refractivity contribution in [2.75, 3.05) is 24.2 Å². The van der Waals surface area contributed by atoms with Crippen LogP contribution < -0.4 is 10.6 Å². The molecule has 0 aliphatic heterocycles. The maximum atomic E-state index is 10.2. The molecule has 0 saturated carbocycles. The summed E-state index contributed by atoms with van der Waals surface area (Å²) >= 11 is 0. The molecule has 0 fully saturated rings. The van der Waals surface area contributed by atoms with Crippen LogP contribution in [0.1, 0.15) is 39.4 Å². The summed E-state index contributed by atoms with van der Waals surface area (Å²) in [5.41, 5.74) is -0.670. The van der Waals surface area contributed by atoms with Gasteiger partial charge < -0.3 is 15.7 Å². The van der Waals surface area contributed by atoms with Gasteiger partial charge in [0, 0.05) is 26.1 Å². The molecule has 0 aliphatic carbocycles. The van der Waals surface area contributed by atoms with Gasteiger partial charge in [0.25, 0.3) is 0 Å². The number of hydrogen-bond acceptors (Lipinski definition) is 5. The van der Waals surface area contributed by atoms with E-state index in [1.165, 1.54) is 0 Å². The average Bonchev–Trinajstić information content (AvgIpc) is 2.44. The molecule has 0 spiro atoms. The number of rotatable bonds is 7. The van der Waals surface area contributed by atoms with Gasteiger partial charge in [-0.3, -0.25) is 0 Å². The SMILES string of the molecule is CCc1nc(NC)cc(NCC(O)(CC)CC)n1. The Labute approximate surface area is 109 Å². The molecule has 0 unspecified atom stereocenters. The minimum Gasteiger partial charge on any atom is -0.388 e. The van der Waals surface area contributed by atoms with Crippen LogP contribution in [-0.4, -0.2) is 34.3 Å². The third-order valence-corrected chi connectivity index (χ3v) is 3.26. The van der Waals surface area contributed by atoms with Crippen LogP contribution in [0.3, 0.4) is 0 Å². The standard InChI is InChI=1S/C13H24N4O/c1-5-10-16-11(14-4)8-12(17-10)15-9-13(18,6-2)7-3/h8,18H,5-7,9H2,1-4H3,(H2,14,15,16,17). The molecule has 0 aromatic carbocycles. The highest BCUT2D eigenvalue weighted by Crippen LogP contribution is 2.17. The molecule has 18 heavy (non-hydrogen) atoms. The fraction of sp³-hybridized carbons (Fsp3) is 0.692. The molecule has 5 heteroatoms. The summed E-state index contributed by atoms with van der Waals surface area (Å²) in [5.74, 6) is 2.34. The van der Waals surface area contributed by atoms with E-state index in [0.717, 1.165) is 36.7 Å². The predicted octanol–water partition coefficient (Wildman–Crippen LogP) is 2.04. The van der Waals surface area contributed by atoms with Gasteiger partial charge in [0.1, 0.15) is 17.5 Å². The summed E-state index contributed by atoms with van der Waals surface area (Å²) in [6.45, 7) is 6.50. The number of aromatic nitrogens is 2. The van der Waals surface area contributed by atoms with E-state index in [1.807, 2.05) is 33.9 Å². The Morgan fingerprint density at radius 2 is 1.78 bits per heavy atom. The van der Waals surface area contributed by atoms with Gasteiger partial charge >= 0.3 is 0 Å². The summed E-state index contributed by atoms with van der Waals surface area (Å²) in [5, 5.41) is 16.4. The van der Waals surface area contributed by atoms with Crippen molar-refractivity contribution in [3.05, 3.63) is 11.9 Å². The average molecular weight is 252 g/mol. The van der Waals surface area contributed by atoms with Crippen LogP contribution in [0.15, 0.2) is 6.07 Å². The molecule has 0 amide bonds. The van der Waals surface area contributed by atoms with Gasteiger partial charge in [0.2, 0.25) is 0 Å². The monoisotopic (exact) mass is 252 g/mol. The molecule has 0 radical (unpaired) electrons. The third kappa shape index (κ3) is 3.84. The van der Waals surface area contributed by atoms with Crippen LogP contribution in [0, 0.1) is 0 Å². The molecule has 0 saturated heterocycles. The number of anilines is 2. The van der Waals surface area contributed by atoms with Crippen molar-refractivity contribution >= 4 is 11.6 Å². The van der Waals surface area contributed by atoms with Crippen molar-refractivity contribution in [2.24, 2.45) is 0 Å². The molecule has 3 N–H and O–H groups in total. The van der Waals surface area contributed by atoms with Gasteiger partial charge in [-0.05, 0) is 12.8 Å². The molecule has 0 aliphatic rings. The van der Waals surface area contributed by atoms with E-state index in [0.29, 0.717) is 6.54 Å². The van der Waals surface area contributed by atoms with Crippen LogP contribution in [0.5, 0.6) is 0 Å². The minimum absolute atomic E-state index is 0.503. The molecule has 0 bridgehead atoms. The van der Waals surface area contributed by atoms with E-state index in [9.17, 15) is 5.11 Å². The van der Waals surface area contributed by atoms with Crippen LogP contribution >= 0.6 is 0 Å². The Morgan fingerprint density at radius 1 is 1.17 bits per heavy atom. The Morgan fingerprint density at radius 3 is 2.28 bits per heavy atom. The van der Waals surface area contributed by atoms with Gasteiger partial charge in [0.05, 0.1) is 5.60 Å². The topological polar surface area (TPSA) is 70.1 Å². The fourth-order valence-electron chi connectivity index (χ4n) is 1.63. The Bertz CT molecular complexity index is 355. The maximum absolute atomic E-state index is 10.2. The lowest BCUT2D eigenvalue weighted by Crippen LogP contribution is -2.35. The third-order valence-electron chi connectivity index (χ3n) is 3.26. The second-order valence-electron chi connectivity index (χ2n) is 4.44. The lowest BCUT2D eigenvalue weighted by molar-refractivity contribution is 0.0456. The number of nitrogens with one attached hydrogen (secondary N) is 2. The molecule has 1 rings (SSSR count). The molecular formula is C13H24N4O. The second-order valence-corrected chi connectivity index (χ2v) is 4.44. The van der Waals surface area contributed by atoms with Gasteiger partial charge in [-0.2, -0.15) is 0 Å². The summed E-state index contributed by atoms with van der Waals surface area (Å²) in [7, 11) is 1.83. The van der Waals surface area contributed by atoms with Crippen LogP contribution in [0.2, 0.25) is 0 Å². The van der Waals surface area contributed by atoms with E-state index >= 15 is 0 Å². The van der Waals surface area contributed by atoms with Crippen LogP contribution in [0.4, 0.5) is 11.6 Å². The Balaban J connectivity index is 2.78. The Hall–Kier alpha value is -1.36. The minimum atomic E-state index is -0.670. The summed E-state index contributed by atoms with van der Waals surface area (Å²) < 4.78 is 0. The van der Waals surface area contributed by atoms with E-state index in [2.05, 4.69) is 20.6 Å². The number of nitrogens with zero attached hydrogens (tertiary/aromatic N) is 2. The zero-order chi connectivity index (χ0) is 13.6. The molecule has 1 aromatic heterocycles. The van der Waals surface area contributed by atoms with Crippen molar-refractivity contribution in [1.29, 1.82) is 0 Å². The normalized spacial score (nSPS) is 11.4. The van der Waals surface area contributed by atoms with Crippen molar-refractivity contribution in [1.82, 2.24) is 9.97 Å². The fourth-order valence-corrected chi connectivity index (χ4v) is 1.63. The van der Waals surface area contributed by atoms with Crippen LogP contribution in [0.25, 0.3) is 0 Å². The van der Waals surface area contributed by atoms with E-state index in [4.69, 9.17) is 0 Å². The van der Waals surface area contributed by atoms with E-state index in [-0.39, 0.29) is 0 Å². The first-order valence-corrected chi connectivity index (χ1v) is 6.58. The van der Waals surface area contributed by atoms with Gasteiger partial charge in [-0.1, -0.05) is 20.8 Å². The molecule has 102 valence electrons. The first-order chi connectivity index (χ1) is 8.56. The second kappa shape index (κ2) is 6.54. The van der Waals surface area contributed by atoms with Gasteiger partial charge in [-0.15, -0.1) is 0 Å². The van der Waals surface area contributed by atoms with Crippen molar-refractivity contribution in [3.8, 4) is 0 Å². The number of hydrogen-bond donors (Lipinski definition) is 3. The first-order valence-electron chi connectivity index (χ1n) is 6.58. The number of aryl methyl sites for hydroxylation is 1. The van der Waals surface area contributed by atoms with Crippen LogP contribution in [-0.2, 0) is 6.42 Å². The van der Waals surface area contributed by atoms with Gasteiger partial charge in [0.15, 0.2) is 0 Å². The molecule has 5 nitrogen and oxygen atoms in total. The molecular weight excluding hydrogens is 228 g/mol. The summed E-state index contributed by atoms with van der Waals surface area (Å²) in [6.07, 6.45) is 2.23. The maximum Gasteiger partial charge on any atom is 0.132 e. The highest BCUT2D eigenvalue weighted by atomic mass is 16.3. The molecule has 1 aromatic rings. The zero-order valence-corrected chi connectivity index (χ0v) is 11.7. The number of aliphatic hydroxyl groups is 1. The van der Waals surface area contributed by atoms with Gasteiger partial charge in [-0.25, -0.2) is 9.97 Å². The summed E-state index contributed by atoms with van der Waals surface area (Å²) in [4.78, 5) is 8.73. The lowest BCUT2D eigenvalue weighted by Gasteiger charge is -2.25. The van der Waals surface area contributed by atoms with Crippen molar-refractivity contribution in [2.45, 2.75) is 45.6 Å². The van der Waals surface area contributed by atoms with E-state index in [1.54, 1.807) is 0 Å². The quantitative estimate of drug-likeness (QED) is 0.693. The zero-order valence-electron chi connectivity index (χ0n) is 11.7.